The maximum absolute atomic E-state index is 7.97. The normalized spacial score (nSPS) is 12.2. The number of ether oxygens (including phenoxy) is 1. The summed E-state index contributed by atoms with van der Waals surface area (Å²) in [5.41, 5.74) is 7.75. The van der Waals surface area contributed by atoms with Gasteiger partial charge in [0.2, 0.25) is 0 Å². The smallest absolute Gasteiger partial charge is 0.126 e. The molecule has 5 heteroatoms. The second-order valence-electron chi connectivity index (χ2n) is 4.94. The first-order valence-corrected chi connectivity index (χ1v) is 8.41. The molecule has 0 radical (unpaired) electrons. The van der Waals surface area contributed by atoms with Crippen molar-refractivity contribution in [2.24, 2.45) is 5.73 Å². The fourth-order valence-electron chi connectivity index (χ4n) is 2.29. The fraction of sp³-hybridized carbons (Fsp3) is 0.562. The summed E-state index contributed by atoms with van der Waals surface area (Å²) in [6, 6.07) is 6.51. The Morgan fingerprint density at radius 1 is 1.43 bits per heavy atom. The van der Waals surface area contributed by atoms with Gasteiger partial charge in [-0.15, -0.1) is 11.8 Å². The molecule has 1 atom stereocenters. The molecule has 1 unspecified atom stereocenters. The number of nitrogens with two attached hydrogens (primary N) is 1. The van der Waals surface area contributed by atoms with Crippen LogP contribution in [-0.2, 0) is 4.74 Å². The number of thioether (sulfide) groups is 1. The second kappa shape index (κ2) is 8.95. The number of benzene rings is 1. The first kappa shape index (κ1) is 17.9. The Balaban J connectivity index is 3.28. The maximum Gasteiger partial charge on any atom is 0.126 e. The van der Waals surface area contributed by atoms with Gasteiger partial charge in [0, 0.05) is 30.3 Å². The van der Waals surface area contributed by atoms with E-state index in [1.165, 1.54) is 0 Å². The number of rotatable bonds is 9. The third-order valence-electron chi connectivity index (χ3n) is 3.54. The molecule has 0 heterocycles. The number of hydrogen-bond donors (Lipinski definition) is 2. The molecule has 0 aliphatic rings. The average Bonchev–Trinajstić information content (AvgIpc) is 2.47. The fourth-order valence-corrected chi connectivity index (χ4v) is 3.14. The summed E-state index contributed by atoms with van der Waals surface area (Å²) in [7, 11) is 1.71. The molecule has 21 heavy (non-hydrogen) atoms. The zero-order valence-corrected chi connectivity index (χ0v) is 14.3. The summed E-state index contributed by atoms with van der Waals surface area (Å²) in [6.07, 6.45) is 1.03. The van der Waals surface area contributed by atoms with Crippen LogP contribution in [0.5, 0.6) is 0 Å². The van der Waals surface area contributed by atoms with Crippen molar-refractivity contribution in [2.75, 3.05) is 30.9 Å². The zero-order valence-electron chi connectivity index (χ0n) is 13.5. The highest BCUT2D eigenvalue weighted by molar-refractivity contribution is 7.99. The van der Waals surface area contributed by atoms with E-state index in [1.807, 2.05) is 12.1 Å². The minimum Gasteiger partial charge on any atom is -0.384 e. The summed E-state index contributed by atoms with van der Waals surface area (Å²) >= 11 is 1.73. The van der Waals surface area contributed by atoms with E-state index in [-0.39, 0.29) is 5.84 Å². The van der Waals surface area contributed by atoms with Crippen molar-refractivity contribution in [1.82, 2.24) is 0 Å². The molecule has 1 rings (SSSR count). The molecule has 0 amide bonds. The molecule has 4 nitrogen and oxygen atoms in total. The lowest BCUT2D eigenvalue weighted by Gasteiger charge is -2.32. The Morgan fingerprint density at radius 3 is 2.67 bits per heavy atom. The van der Waals surface area contributed by atoms with Gasteiger partial charge >= 0.3 is 0 Å². The predicted molar refractivity (Wildman–Crippen MR) is 92.8 cm³/mol. The molecule has 0 aromatic heterocycles. The van der Waals surface area contributed by atoms with E-state index in [0.29, 0.717) is 12.6 Å². The number of nitrogens with zero attached hydrogens (tertiary/aromatic N) is 1. The lowest BCUT2D eigenvalue weighted by molar-refractivity contribution is 0.203. The lowest BCUT2D eigenvalue weighted by Crippen LogP contribution is -2.37. The molecule has 0 aliphatic heterocycles. The van der Waals surface area contributed by atoms with Crippen molar-refractivity contribution in [3.63, 3.8) is 0 Å². The summed E-state index contributed by atoms with van der Waals surface area (Å²) in [6.45, 7) is 7.93. The van der Waals surface area contributed by atoms with Crippen molar-refractivity contribution in [1.29, 1.82) is 5.41 Å². The van der Waals surface area contributed by atoms with Gasteiger partial charge in [0.1, 0.15) is 5.84 Å². The Hall–Kier alpha value is -1.20. The van der Waals surface area contributed by atoms with Gasteiger partial charge in [-0.05, 0) is 31.2 Å². The molecular weight excluding hydrogens is 282 g/mol. The summed E-state index contributed by atoms with van der Waals surface area (Å²) in [4.78, 5) is 3.37. The third kappa shape index (κ3) is 4.64. The van der Waals surface area contributed by atoms with Crippen LogP contribution in [0.2, 0.25) is 0 Å². The number of nitrogen functional groups attached to an aromatic ring is 1. The summed E-state index contributed by atoms with van der Waals surface area (Å²) < 4.78 is 5.23. The maximum atomic E-state index is 7.97. The third-order valence-corrected chi connectivity index (χ3v) is 4.48. The van der Waals surface area contributed by atoms with Crippen LogP contribution in [-0.4, -0.2) is 37.9 Å². The Labute approximate surface area is 132 Å². The molecule has 1 aromatic carbocycles. The molecule has 3 N–H and O–H groups in total. The van der Waals surface area contributed by atoms with E-state index in [0.717, 1.165) is 34.9 Å². The molecule has 0 saturated carbocycles. The first-order chi connectivity index (χ1) is 10.1. The molecule has 0 aliphatic carbocycles. The van der Waals surface area contributed by atoms with Gasteiger partial charge in [-0.1, -0.05) is 19.9 Å². The summed E-state index contributed by atoms with van der Waals surface area (Å²) in [5.74, 6) is 1.10. The van der Waals surface area contributed by atoms with Gasteiger partial charge in [-0.3, -0.25) is 5.41 Å². The van der Waals surface area contributed by atoms with E-state index < -0.39 is 0 Å². The van der Waals surface area contributed by atoms with Crippen molar-refractivity contribution in [3.05, 3.63) is 23.8 Å². The molecule has 118 valence electrons. The van der Waals surface area contributed by atoms with E-state index >= 15 is 0 Å². The summed E-state index contributed by atoms with van der Waals surface area (Å²) in [5, 5.41) is 7.97. The molecule has 1 aromatic rings. The van der Waals surface area contributed by atoms with Gasteiger partial charge in [0.15, 0.2) is 0 Å². The van der Waals surface area contributed by atoms with Crippen LogP contribution in [0.15, 0.2) is 23.1 Å². The van der Waals surface area contributed by atoms with Crippen LogP contribution in [0.25, 0.3) is 0 Å². The highest BCUT2D eigenvalue weighted by Gasteiger charge is 2.20. The molecule has 0 fully saturated rings. The molecule has 0 saturated heterocycles. The number of methoxy groups -OCH3 is 1. The number of anilines is 1. The van der Waals surface area contributed by atoms with Gasteiger partial charge in [-0.25, -0.2) is 0 Å². The van der Waals surface area contributed by atoms with E-state index in [1.54, 1.807) is 18.9 Å². The van der Waals surface area contributed by atoms with Crippen LogP contribution in [0, 0.1) is 5.41 Å². The molecular formula is C16H27N3OS. The van der Waals surface area contributed by atoms with Crippen LogP contribution in [0.4, 0.5) is 5.69 Å². The predicted octanol–water partition coefficient (Wildman–Crippen LogP) is 3.33. The van der Waals surface area contributed by atoms with Crippen LogP contribution in [0.1, 0.15) is 32.8 Å². The average molecular weight is 309 g/mol. The van der Waals surface area contributed by atoms with Crippen molar-refractivity contribution in [2.45, 2.75) is 38.1 Å². The Morgan fingerprint density at radius 2 is 2.14 bits per heavy atom. The van der Waals surface area contributed by atoms with Crippen molar-refractivity contribution >= 4 is 23.3 Å². The Kier molecular flexibility index (Phi) is 7.61. The molecule has 0 bridgehead atoms. The number of nitrogens with one attached hydrogen (secondary N) is 1. The largest absolute Gasteiger partial charge is 0.384 e. The van der Waals surface area contributed by atoms with Crippen molar-refractivity contribution in [3.8, 4) is 0 Å². The quantitative estimate of drug-likeness (QED) is 0.417. The highest BCUT2D eigenvalue weighted by Crippen LogP contribution is 2.31. The van der Waals surface area contributed by atoms with E-state index in [4.69, 9.17) is 15.9 Å². The minimum absolute atomic E-state index is 0.132. The number of hydrogen-bond acceptors (Lipinski definition) is 4. The number of amidine groups is 1. The van der Waals surface area contributed by atoms with Crippen LogP contribution in [0.3, 0.4) is 0 Å². The van der Waals surface area contributed by atoms with Gasteiger partial charge < -0.3 is 15.4 Å². The van der Waals surface area contributed by atoms with Gasteiger partial charge in [0.25, 0.3) is 0 Å². The van der Waals surface area contributed by atoms with Gasteiger partial charge in [0.05, 0.1) is 12.2 Å². The second-order valence-corrected chi connectivity index (χ2v) is 6.25. The standard InChI is InChI=1S/C16H27N3OS/c1-5-12(3)19(10-11-20-4)13-8-7-9-14(21-6-2)15(13)16(17)18/h7-9,12H,5-6,10-11H2,1-4H3,(H3,17,18). The topological polar surface area (TPSA) is 62.3 Å². The first-order valence-electron chi connectivity index (χ1n) is 7.42. The van der Waals surface area contributed by atoms with Gasteiger partial charge in [-0.2, -0.15) is 0 Å². The SMILES string of the molecule is CCSc1cccc(N(CCOC)C(C)CC)c1C(=N)N. The minimum atomic E-state index is 0.132. The van der Waals surface area contributed by atoms with E-state index in [9.17, 15) is 0 Å². The zero-order chi connectivity index (χ0) is 15.8. The van der Waals surface area contributed by atoms with E-state index in [2.05, 4.69) is 31.7 Å². The highest BCUT2D eigenvalue weighted by atomic mass is 32.2. The lowest BCUT2D eigenvalue weighted by atomic mass is 10.1. The molecule has 0 spiro atoms. The van der Waals surface area contributed by atoms with Crippen LogP contribution < -0.4 is 10.6 Å². The van der Waals surface area contributed by atoms with Crippen LogP contribution >= 0.6 is 11.8 Å². The monoisotopic (exact) mass is 309 g/mol. The van der Waals surface area contributed by atoms with Crippen molar-refractivity contribution < 1.29 is 4.74 Å². The Bertz CT molecular complexity index is 465.